The average Bonchev–Trinajstić information content (AvgIpc) is 2.89. The fourth-order valence-corrected chi connectivity index (χ4v) is 4.85. The lowest BCUT2D eigenvalue weighted by molar-refractivity contribution is -0.156. The fraction of sp³-hybridized carbons (Fsp3) is 0.269. The summed E-state index contributed by atoms with van der Waals surface area (Å²) in [6.07, 6.45) is 5.38. The van der Waals surface area contributed by atoms with E-state index in [9.17, 15) is 14.4 Å². The Bertz CT molecular complexity index is 1320. The molecular weight excluding hydrogens is 515 g/mol. The molecule has 3 heterocycles. The van der Waals surface area contributed by atoms with E-state index >= 15 is 0 Å². The first kappa shape index (κ1) is 26.4. The molecule has 4 rings (SSSR count). The molecule has 1 aliphatic rings. The number of nitrogens with two attached hydrogens (primary N) is 1. The van der Waals surface area contributed by atoms with Crippen LogP contribution in [0.2, 0.25) is 10.0 Å². The van der Waals surface area contributed by atoms with Crippen LogP contribution in [-0.2, 0) is 16.0 Å². The number of benzene rings is 1. The molecule has 1 unspecified atom stereocenters. The molecule has 9 nitrogen and oxygen atoms in total. The Balaban J connectivity index is 1.61. The van der Waals surface area contributed by atoms with Gasteiger partial charge in [-0.05, 0) is 66.4 Å². The van der Waals surface area contributed by atoms with Crippen LogP contribution in [0.25, 0.3) is 0 Å². The van der Waals surface area contributed by atoms with Gasteiger partial charge in [-0.25, -0.2) is 9.78 Å². The van der Waals surface area contributed by atoms with Crippen molar-refractivity contribution in [1.82, 2.24) is 20.2 Å². The molecule has 1 aromatic carbocycles. The van der Waals surface area contributed by atoms with Crippen LogP contribution in [0, 0.1) is 5.92 Å². The maximum absolute atomic E-state index is 13.6. The summed E-state index contributed by atoms with van der Waals surface area (Å²) in [5, 5.41) is 3.76. The third kappa shape index (κ3) is 5.52. The van der Waals surface area contributed by atoms with E-state index in [1.165, 1.54) is 4.90 Å². The number of likely N-dealkylation sites (tertiary alicyclic amines) is 1. The van der Waals surface area contributed by atoms with E-state index in [1.807, 2.05) is 6.92 Å². The van der Waals surface area contributed by atoms with Gasteiger partial charge < -0.3 is 16.0 Å². The topological polar surface area (TPSA) is 122 Å². The van der Waals surface area contributed by atoms with Crippen molar-refractivity contribution < 1.29 is 14.4 Å². The number of amides is 4. The Kier molecular flexibility index (Phi) is 7.94. The number of carbonyl (C=O) groups excluding carboxylic acids is 3. The molecule has 3 aromatic rings. The van der Waals surface area contributed by atoms with Gasteiger partial charge >= 0.3 is 6.03 Å². The predicted octanol–water partition coefficient (Wildman–Crippen LogP) is 4.26. The molecule has 3 N–H and O–H groups in total. The number of hydrogen-bond donors (Lipinski definition) is 2. The van der Waals surface area contributed by atoms with Crippen LogP contribution in [-0.4, -0.2) is 45.8 Å². The highest BCUT2D eigenvalue weighted by Crippen LogP contribution is 2.34. The SMILES string of the molecule is CC[C@@H](NC(=O)N1C(=O)C(Cc2ccnc(N)c2)[C@H]1C(=O)N(C)c1ccncc1)c1cc(Cl)ccc1Cl. The molecule has 0 saturated carbocycles. The summed E-state index contributed by atoms with van der Waals surface area (Å²) in [6.45, 7) is 1.87. The molecule has 192 valence electrons. The number of nitrogens with zero attached hydrogens (tertiary/aromatic N) is 4. The molecule has 4 amide bonds. The van der Waals surface area contributed by atoms with Gasteiger partial charge in [0.05, 0.1) is 12.0 Å². The van der Waals surface area contributed by atoms with Gasteiger partial charge in [-0.3, -0.25) is 19.5 Å². The second kappa shape index (κ2) is 11.1. The number of carbonyl (C=O) groups is 3. The van der Waals surface area contributed by atoms with Crippen LogP contribution in [0.4, 0.5) is 16.3 Å². The number of imide groups is 1. The summed E-state index contributed by atoms with van der Waals surface area (Å²) in [4.78, 5) is 50.7. The van der Waals surface area contributed by atoms with Gasteiger partial charge in [0.1, 0.15) is 11.9 Å². The van der Waals surface area contributed by atoms with E-state index in [-0.39, 0.29) is 6.42 Å². The maximum atomic E-state index is 13.6. The van der Waals surface area contributed by atoms with Gasteiger partial charge in [-0.15, -0.1) is 0 Å². The standard InChI is InChI=1S/C26H26Cl2N6O3/c1-3-21(18-14-16(27)4-5-20(18)28)32-26(37)34-23(25(36)33(2)17-7-9-30-10-8-17)19(24(34)35)12-15-6-11-31-22(29)13-15/h4-11,13-14,19,21,23H,3,12H2,1-2H3,(H2,29,31)(H,32,37)/t19?,21-,23+/m1/s1. The van der Waals surface area contributed by atoms with E-state index in [1.54, 1.807) is 68.1 Å². The highest BCUT2D eigenvalue weighted by Gasteiger charge is 2.55. The molecule has 1 fully saturated rings. The van der Waals surface area contributed by atoms with Gasteiger partial charge in [0.15, 0.2) is 0 Å². The number of anilines is 2. The smallest absolute Gasteiger partial charge is 0.325 e. The zero-order valence-corrected chi connectivity index (χ0v) is 21.8. The minimum atomic E-state index is -1.02. The number of aromatic nitrogens is 2. The van der Waals surface area contributed by atoms with Gasteiger partial charge in [0.25, 0.3) is 5.91 Å². The monoisotopic (exact) mass is 540 g/mol. The van der Waals surface area contributed by atoms with E-state index in [4.69, 9.17) is 28.9 Å². The lowest BCUT2D eigenvalue weighted by atomic mass is 9.81. The molecule has 1 saturated heterocycles. The molecule has 37 heavy (non-hydrogen) atoms. The zero-order chi connectivity index (χ0) is 26.7. The summed E-state index contributed by atoms with van der Waals surface area (Å²) in [7, 11) is 1.60. The number of likely N-dealkylation sites (N-methyl/N-ethyl adjacent to an activating group) is 1. The maximum Gasteiger partial charge on any atom is 0.325 e. The second-order valence-corrected chi connectivity index (χ2v) is 9.58. The number of urea groups is 1. The Morgan fingerprint density at radius 2 is 1.86 bits per heavy atom. The third-order valence-electron chi connectivity index (χ3n) is 6.41. The van der Waals surface area contributed by atoms with Gasteiger partial charge in [-0.1, -0.05) is 30.1 Å². The minimum Gasteiger partial charge on any atom is -0.384 e. The fourth-order valence-electron chi connectivity index (χ4n) is 4.43. The van der Waals surface area contributed by atoms with Crippen molar-refractivity contribution in [3.05, 3.63) is 82.2 Å². The number of β-lactam (4-membered cyclic amide) rings is 1. The van der Waals surface area contributed by atoms with Crippen molar-refractivity contribution in [3.63, 3.8) is 0 Å². The van der Waals surface area contributed by atoms with E-state index in [0.29, 0.717) is 33.5 Å². The summed E-state index contributed by atoms with van der Waals surface area (Å²) in [5.41, 5.74) is 7.75. The Labute approximate surface area is 224 Å². The summed E-state index contributed by atoms with van der Waals surface area (Å²) >= 11 is 12.5. The number of rotatable bonds is 7. The molecule has 1 aliphatic heterocycles. The number of halogens is 2. The Morgan fingerprint density at radius 1 is 1.14 bits per heavy atom. The van der Waals surface area contributed by atoms with Crippen LogP contribution in [0.15, 0.2) is 61.1 Å². The van der Waals surface area contributed by atoms with Crippen molar-refractivity contribution in [2.45, 2.75) is 31.8 Å². The highest BCUT2D eigenvalue weighted by atomic mass is 35.5. The Hall–Kier alpha value is -3.69. The summed E-state index contributed by atoms with van der Waals surface area (Å²) in [6, 6.07) is 9.49. The van der Waals surface area contributed by atoms with Crippen molar-refractivity contribution in [2.75, 3.05) is 17.7 Å². The molecule has 3 atom stereocenters. The van der Waals surface area contributed by atoms with Gasteiger partial charge in [-0.2, -0.15) is 0 Å². The van der Waals surface area contributed by atoms with Crippen molar-refractivity contribution in [2.24, 2.45) is 5.92 Å². The summed E-state index contributed by atoms with van der Waals surface area (Å²) in [5.74, 6) is -1.30. The first-order chi connectivity index (χ1) is 17.7. The second-order valence-electron chi connectivity index (χ2n) is 8.73. The minimum absolute atomic E-state index is 0.229. The van der Waals surface area contributed by atoms with Gasteiger partial charge in [0, 0.05) is 41.4 Å². The normalized spacial score (nSPS) is 17.6. The molecule has 0 bridgehead atoms. The number of pyridine rings is 2. The number of nitrogens with one attached hydrogen (secondary N) is 1. The lowest BCUT2D eigenvalue weighted by Crippen LogP contribution is -2.70. The van der Waals surface area contributed by atoms with Crippen molar-refractivity contribution in [3.8, 4) is 0 Å². The predicted molar refractivity (Wildman–Crippen MR) is 142 cm³/mol. The molecule has 11 heteroatoms. The molecule has 0 aliphatic carbocycles. The largest absolute Gasteiger partial charge is 0.384 e. The average molecular weight is 541 g/mol. The Morgan fingerprint density at radius 3 is 2.54 bits per heavy atom. The quantitative estimate of drug-likeness (QED) is 0.431. The highest BCUT2D eigenvalue weighted by molar-refractivity contribution is 6.33. The van der Waals surface area contributed by atoms with Gasteiger partial charge in [0.2, 0.25) is 5.91 Å². The first-order valence-corrected chi connectivity index (χ1v) is 12.4. The lowest BCUT2D eigenvalue weighted by Gasteiger charge is -2.46. The number of nitrogen functional groups attached to an aromatic ring is 1. The van der Waals surface area contributed by atoms with Crippen molar-refractivity contribution >= 4 is 52.6 Å². The van der Waals surface area contributed by atoms with Crippen LogP contribution < -0.4 is 16.0 Å². The van der Waals surface area contributed by atoms with Crippen LogP contribution in [0.1, 0.15) is 30.5 Å². The third-order valence-corrected chi connectivity index (χ3v) is 6.99. The van der Waals surface area contributed by atoms with Crippen LogP contribution >= 0.6 is 23.2 Å². The zero-order valence-electron chi connectivity index (χ0n) is 20.3. The molecule has 0 spiro atoms. The van der Waals surface area contributed by atoms with E-state index < -0.39 is 35.8 Å². The molecular formula is C26H26Cl2N6O3. The van der Waals surface area contributed by atoms with Crippen LogP contribution in [0.5, 0.6) is 0 Å². The molecule has 2 aromatic heterocycles. The molecule has 0 radical (unpaired) electrons. The first-order valence-electron chi connectivity index (χ1n) is 11.7. The van der Waals surface area contributed by atoms with Crippen molar-refractivity contribution in [1.29, 1.82) is 0 Å². The van der Waals surface area contributed by atoms with E-state index in [0.717, 1.165) is 10.5 Å². The van der Waals surface area contributed by atoms with Crippen LogP contribution in [0.3, 0.4) is 0 Å². The number of hydrogen-bond acceptors (Lipinski definition) is 6. The summed E-state index contributed by atoms with van der Waals surface area (Å²) < 4.78 is 0. The van der Waals surface area contributed by atoms with E-state index in [2.05, 4.69) is 15.3 Å².